The largest absolute Gasteiger partial charge is 0.302 e. The molecule has 0 aliphatic carbocycles. The lowest BCUT2D eigenvalue weighted by Crippen LogP contribution is -2.23. The maximum absolute atomic E-state index is 12.8. The molecule has 0 spiro atoms. The van der Waals surface area contributed by atoms with Crippen LogP contribution in [0, 0.1) is 5.82 Å². The standard InChI is InChI=1S/C11H14FNO/c1-13(7-8-14)6-5-10-3-2-4-11(12)9-10/h2-4,8-9H,5-7H2,1H3. The smallest absolute Gasteiger partial charge is 0.133 e. The van der Waals surface area contributed by atoms with E-state index in [0.29, 0.717) is 6.54 Å². The van der Waals surface area contributed by atoms with Crippen LogP contribution in [0.2, 0.25) is 0 Å². The predicted molar refractivity (Wildman–Crippen MR) is 53.7 cm³/mol. The maximum atomic E-state index is 12.8. The summed E-state index contributed by atoms with van der Waals surface area (Å²) in [6.07, 6.45) is 1.63. The molecule has 0 atom stereocenters. The molecule has 1 aromatic rings. The minimum Gasteiger partial charge on any atom is -0.302 e. The van der Waals surface area contributed by atoms with E-state index in [1.165, 1.54) is 12.1 Å². The lowest BCUT2D eigenvalue weighted by Gasteiger charge is -2.12. The van der Waals surface area contributed by atoms with Crippen molar-refractivity contribution in [3.8, 4) is 0 Å². The number of carbonyl (C=O) groups excluding carboxylic acids is 1. The molecule has 0 bridgehead atoms. The highest BCUT2D eigenvalue weighted by molar-refractivity contribution is 5.51. The molecule has 0 heterocycles. The molecule has 0 saturated carbocycles. The summed E-state index contributed by atoms with van der Waals surface area (Å²) in [7, 11) is 1.87. The van der Waals surface area contributed by atoms with E-state index in [-0.39, 0.29) is 5.82 Å². The van der Waals surface area contributed by atoms with Crippen LogP contribution in [0.25, 0.3) is 0 Å². The zero-order chi connectivity index (χ0) is 10.4. The van der Waals surface area contributed by atoms with Crippen molar-refractivity contribution in [1.29, 1.82) is 0 Å². The van der Waals surface area contributed by atoms with Crippen LogP contribution in [0.15, 0.2) is 24.3 Å². The quantitative estimate of drug-likeness (QED) is 0.663. The Labute approximate surface area is 83.3 Å². The van der Waals surface area contributed by atoms with Gasteiger partial charge in [-0.2, -0.15) is 0 Å². The van der Waals surface area contributed by atoms with Crippen LogP contribution < -0.4 is 0 Å². The van der Waals surface area contributed by atoms with Crippen LogP contribution in [0.5, 0.6) is 0 Å². The Kier molecular flexibility index (Phi) is 4.26. The first kappa shape index (κ1) is 10.9. The van der Waals surface area contributed by atoms with Crippen LogP contribution >= 0.6 is 0 Å². The molecular formula is C11H14FNO. The van der Waals surface area contributed by atoms with E-state index in [1.54, 1.807) is 6.07 Å². The van der Waals surface area contributed by atoms with E-state index < -0.39 is 0 Å². The summed E-state index contributed by atoms with van der Waals surface area (Å²) in [6, 6.07) is 6.54. The molecule has 0 aliphatic heterocycles. The van der Waals surface area contributed by atoms with Crippen molar-refractivity contribution < 1.29 is 9.18 Å². The molecule has 1 aromatic carbocycles. The van der Waals surface area contributed by atoms with Gasteiger partial charge < -0.3 is 4.79 Å². The highest BCUT2D eigenvalue weighted by Gasteiger charge is 1.99. The normalized spacial score (nSPS) is 10.5. The maximum Gasteiger partial charge on any atom is 0.133 e. The average Bonchev–Trinajstić information content (AvgIpc) is 2.15. The Bertz CT molecular complexity index is 301. The van der Waals surface area contributed by atoms with Gasteiger partial charge in [0.2, 0.25) is 0 Å². The molecule has 3 heteroatoms. The second-order valence-electron chi connectivity index (χ2n) is 3.31. The Morgan fingerprint density at radius 1 is 1.50 bits per heavy atom. The highest BCUT2D eigenvalue weighted by Crippen LogP contribution is 2.04. The van der Waals surface area contributed by atoms with Gasteiger partial charge in [-0.05, 0) is 31.2 Å². The zero-order valence-corrected chi connectivity index (χ0v) is 8.24. The topological polar surface area (TPSA) is 20.3 Å². The number of nitrogens with zero attached hydrogens (tertiary/aromatic N) is 1. The lowest BCUT2D eigenvalue weighted by molar-refractivity contribution is -0.108. The summed E-state index contributed by atoms with van der Waals surface area (Å²) in [5, 5.41) is 0. The Hall–Kier alpha value is -1.22. The summed E-state index contributed by atoms with van der Waals surface area (Å²) in [6.45, 7) is 1.19. The number of carbonyl (C=O) groups is 1. The minimum absolute atomic E-state index is 0.208. The van der Waals surface area contributed by atoms with E-state index >= 15 is 0 Å². The summed E-state index contributed by atoms with van der Waals surface area (Å²) < 4.78 is 12.8. The van der Waals surface area contributed by atoms with Crippen LogP contribution in [-0.2, 0) is 11.2 Å². The minimum atomic E-state index is -0.208. The van der Waals surface area contributed by atoms with Crippen LogP contribution in [0.4, 0.5) is 4.39 Å². The average molecular weight is 195 g/mol. The fraction of sp³-hybridized carbons (Fsp3) is 0.364. The summed E-state index contributed by atoms with van der Waals surface area (Å²) in [4.78, 5) is 12.1. The SMILES string of the molecule is CN(CC=O)CCc1cccc(F)c1. The van der Waals surface area contributed by atoms with E-state index in [0.717, 1.165) is 24.8 Å². The van der Waals surface area contributed by atoms with Crippen molar-refractivity contribution in [3.63, 3.8) is 0 Å². The Balaban J connectivity index is 2.41. The fourth-order valence-corrected chi connectivity index (χ4v) is 1.23. The van der Waals surface area contributed by atoms with E-state index in [4.69, 9.17) is 0 Å². The van der Waals surface area contributed by atoms with E-state index in [1.807, 2.05) is 18.0 Å². The van der Waals surface area contributed by atoms with Gasteiger partial charge in [0.1, 0.15) is 12.1 Å². The van der Waals surface area contributed by atoms with Gasteiger partial charge in [-0.25, -0.2) is 4.39 Å². The number of benzene rings is 1. The van der Waals surface area contributed by atoms with Crippen molar-refractivity contribution in [1.82, 2.24) is 4.90 Å². The third-order valence-corrected chi connectivity index (χ3v) is 2.06. The molecule has 0 fully saturated rings. The summed E-state index contributed by atoms with van der Waals surface area (Å²) in [5.41, 5.74) is 0.961. The number of halogens is 1. The molecule has 2 nitrogen and oxygen atoms in total. The number of hydrogen-bond acceptors (Lipinski definition) is 2. The molecule has 0 saturated heterocycles. The zero-order valence-electron chi connectivity index (χ0n) is 8.24. The van der Waals surface area contributed by atoms with Gasteiger partial charge in [0.15, 0.2) is 0 Å². The van der Waals surface area contributed by atoms with Gasteiger partial charge in [-0.3, -0.25) is 4.90 Å². The Morgan fingerprint density at radius 3 is 2.93 bits per heavy atom. The molecule has 14 heavy (non-hydrogen) atoms. The molecular weight excluding hydrogens is 181 g/mol. The second kappa shape index (κ2) is 5.50. The number of likely N-dealkylation sites (N-methyl/N-ethyl adjacent to an activating group) is 1. The third kappa shape index (κ3) is 3.66. The van der Waals surface area contributed by atoms with E-state index in [2.05, 4.69) is 0 Å². The van der Waals surface area contributed by atoms with Crippen LogP contribution in [-0.4, -0.2) is 31.3 Å². The first-order chi connectivity index (χ1) is 6.72. The van der Waals surface area contributed by atoms with Gasteiger partial charge in [0, 0.05) is 6.54 Å². The van der Waals surface area contributed by atoms with Crippen molar-refractivity contribution in [3.05, 3.63) is 35.6 Å². The van der Waals surface area contributed by atoms with Gasteiger partial charge >= 0.3 is 0 Å². The lowest BCUT2D eigenvalue weighted by atomic mass is 10.1. The molecule has 0 unspecified atom stereocenters. The van der Waals surface area contributed by atoms with Crippen molar-refractivity contribution in [2.45, 2.75) is 6.42 Å². The molecule has 0 radical (unpaired) electrons. The van der Waals surface area contributed by atoms with Gasteiger partial charge in [0.25, 0.3) is 0 Å². The third-order valence-electron chi connectivity index (χ3n) is 2.06. The first-order valence-electron chi connectivity index (χ1n) is 4.59. The molecule has 76 valence electrons. The number of aldehydes is 1. The van der Waals surface area contributed by atoms with Crippen molar-refractivity contribution in [2.75, 3.05) is 20.1 Å². The molecule has 0 aromatic heterocycles. The fourth-order valence-electron chi connectivity index (χ4n) is 1.23. The first-order valence-corrected chi connectivity index (χ1v) is 4.59. The highest BCUT2D eigenvalue weighted by atomic mass is 19.1. The van der Waals surface area contributed by atoms with Crippen molar-refractivity contribution in [2.24, 2.45) is 0 Å². The summed E-state index contributed by atoms with van der Waals surface area (Å²) >= 11 is 0. The predicted octanol–water partition coefficient (Wildman–Crippen LogP) is 1.50. The molecule has 0 aliphatic rings. The summed E-state index contributed by atoms with van der Waals surface area (Å²) in [5.74, 6) is -0.208. The van der Waals surface area contributed by atoms with Gasteiger partial charge in [-0.15, -0.1) is 0 Å². The van der Waals surface area contributed by atoms with Gasteiger partial charge in [-0.1, -0.05) is 12.1 Å². The van der Waals surface area contributed by atoms with Crippen LogP contribution in [0.3, 0.4) is 0 Å². The monoisotopic (exact) mass is 195 g/mol. The van der Waals surface area contributed by atoms with Crippen LogP contribution in [0.1, 0.15) is 5.56 Å². The van der Waals surface area contributed by atoms with E-state index in [9.17, 15) is 9.18 Å². The second-order valence-corrected chi connectivity index (χ2v) is 3.31. The number of hydrogen-bond donors (Lipinski definition) is 0. The Morgan fingerprint density at radius 2 is 2.29 bits per heavy atom. The number of rotatable bonds is 5. The van der Waals surface area contributed by atoms with Crippen molar-refractivity contribution >= 4 is 6.29 Å². The van der Waals surface area contributed by atoms with Gasteiger partial charge in [0.05, 0.1) is 6.54 Å². The molecule has 0 N–H and O–H groups in total. The molecule has 1 rings (SSSR count). The molecule has 0 amide bonds.